The molecule has 1 aromatic carbocycles. The number of pyridine rings is 1. The third-order valence-electron chi connectivity index (χ3n) is 3.81. The van der Waals surface area contributed by atoms with Crippen LogP contribution in [0.3, 0.4) is 0 Å². The van der Waals surface area contributed by atoms with Crippen LogP contribution >= 0.6 is 15.9 Å². The number of amides is 1. The summed E-state index contributed by atoms with van der Waals surface area (Å²) in [7, 11) is 0. The molecule has 1 heterocycles. The van der Waals surface area contributed by atoms with Crippen molar-refractivity contribution in [3.8, 4) is 0 Å². The number of hydrogen-bond acceptors (Lipinski definition) is 2. The Kier molecular flexibility index (Phi) is 4.34. The van der Waals surface area contributed by atoms with Crippen molar-refractivity contribution in [2.45, 2.75) is 18.8 Å². The number of nitrogens with zero attached hydrogens (tertiary/aromatic N) is 1. The van der Waals surface area contributed by atoms with Gasteiger partial charge in [0.25, 0.3) is 0 Å². The minimum absolute atomic E-state index is 0.128. The standard InChI is InChI=1S/C17H17BrN2O/c18-13-5-3-4-12(10-13)15-11-16(15)17(21)20-9-7-14-6-1-2-8-19-14/h1-6,8,10,15-16H,7,9,11H2,(H,20,21). The zero-order chi connectivity index (χ0) is 14.7. The van der Waals surface area contributed by atoms with Crippen molar-refractivity contribution in [1.82, 2.24) is 10.3 Å². The van der Waals surface area contributed by atoms with E-state index in [-0.39, 0.29) is 11.8 Å². The fraction of sp³-hybridized carbons (Fsp3) is 0.294. The molecule has 2 unspecified atom stereocenters. The van der Waals surface area contributed by atoms with Gasteiger partial charge in [-0.1, -0.05) is 34.1 Å². The Bertz CT molecular complexity index is 630. The molecule has 21 heavy (non-hydrogen) atoms. The van der Waals surface area contributed by atoms with Gasteiger partial charge in [-0.15, -0.1) is 0 Å². The van der Waals surface area contributed by atoms with Crippen LogP contribution < -0.4 is 5.32 Å². The summed E-state index contributed by atoms with van der Waals surface area (Å²) >= 11 is 3.48. The lowest BCUT2D eigenvalue weighted by atomic mass is 10.1. The van der Waals surface area contributed by atoms with Crippen LogP contribution in [0.2, 0.25) is 0 Å². The van der Waals surface area contributed by atoms with Crippen LogP contribution in [0.25, 0.3) is 0 Å². The van der Waals surface area contributed by atoms with E-state index in [9.17, 15) is 4.79 Å². The monoisotopic (exact) mass is 344 g/mol. The smallest absolute Gasteiger partial charge is 0.223 e. The molecule has 3 nitrogen and oxygen atoms in total. The summed E-state index contributed by atoms with van der Waals surface area (Å²) in [5, 5.41) is 3.02. The summed E-state index contributed by atoms with van der Waals surface area (Å²) in [4.78, 5) is 16.4. The zero-order valence-corrected chi connectivity index (χ0v) is 13.2. The Balaban J connectivity index is 1.47. The Hall–Kier alpha value is -1.68. The Morgan fingerprint density at radius 1 is 1.29 bits per heavy atom. The van der Waals surface area contributed by atoms with E-state index in [2.05, 4.69) is 38.4 Å². The van der Waals surface area contributed by atoms with E-state index >= 15 is 0 Å². The second-order valence-electron chi connectivity index (χ2n) is 5.37. The average molecular weight is 345 g/mol. The van der Waals surface area contributed by atoms with Gasteiger partial charge >= 0.3 is 0 Å². The number of carbonyl (C=O) groups is 1. The normalized spacial score (nSPS) is 20.0. The highest BCUT2D eigenvalue weighted by Crippen LogP contribution is 2.47. The van der Waals surface area contributed by atoms with Crippen molar-refractivity contribution in [2.24, 2.45) is 5.92 Å². The lowest BCUT2D eigenvalue weighted by Gasteiger charge is -2.05. The summed E-state index contributed by atoms with van der Waals surface area (Å²) in [5.74, 6) is 0.663. The van der Waals surface area contributed by atoms with E-state index < -0.39 is 0 Å². The van der Waals surface area contributed by atoms with Gasteiger partial charge in [0.1, 0.15) is 0 Å². The fourth-order valence-corrected chi connectivity index (χ4v) is 3.00. The van der Waals surface area contributed by atoms with Gasteiger partial charge in [-0.05, 0) is 42.2 Å². The van der Waals surface area contributed by atoms with Gasteiger partial charge < -0.3 is 5.32 Å². The first-order chi connectivity index (χ1) is 10.2. The van der Waals surface area contributed by atoms with Crippen molar-refractivity contribution in [2.75, 3.05) is 6.54 Å². The molecule has 1 aromatic heterocycles. The van der Waals surface area contributed by atoms with E-state index in [4.69, 9.17) is 0 Å². The molecule has 108 valence electrons. The van der Waals surface area contributed by atoms with Gasteiger partial charge in [0.15, 0.2) is 0 Å². The molecule has 0 spiro atoms. The predicted molar refractivity (Wildman–Crippen MR) is 85.9 cm³/mol. The molecular formula is C17H17BrN2O. The van der Waals surface area contributed by atoms with Gasteiger partial charge in [-0.25, -0.2) is 0 Å². The van der Waals surface area contributed by atoms with Crippen LogP contribution in [0.5, 0.6) is 0 Å². The lowest BCUT2D eigenvalue weighted by molar-refractivity contribution is -0.122. The summed E-state index contributed by atoms with van der Waals surface area (Å²) in [6.07, 6.45) is 3.51. The molecule has 3 rings (SSSR count). The Morgan fingerprint density at radius 2 is 2.19 bits per heavy atom. The second-order valence-corrected chi connectivity index (χ2v) is 6.28. The highest BCUT2D eigenvalue weighted by atomic mass is 79.9. The van der Waals surface area contributed by atoms with Gasteiger partial charge in [0.2, 0.25) is 5.91 Å². The van der Waals surface area contributed by atoms with Crippen molar-refractivity contribution < 1.29 is 4.79 Å². The molecule has 1 aliphatic carbocycles. The van der Waals surface area contributed by atoms with Crippen LogP contribution in [0.4, 0.5) is 0 Å². The summed E-state index contributed by atoms with van der Waals surface area (Å²) in [5.41, 5.74) is 2.26. The third kappa shape index (κ3) is 3.70. The van der Waals surface area contributed by atoms with E-state index in [1.54, 1.807) is 6.20 Å². The third-order valence-corrected chi connectivity index (χ3v) is 4.30. The maximum absolute atomic E-state index is 12.1. The maximum atomic E-state index is 12.1. The summed E-state index contributed by atoms with van der Waals surface area (Å²) < 4.78 is 1.07. The first-order valence-corrected chi connectivity index (χ1v) is 7.96. The molecule has 0 bridgehead atoms. The number of hydrogen-bond donors (Lipinski definition) is 1. The molecule has 0 radical (unpaired) electrons. The van der Waals surface area contributed by atoms with E-state index in [0.717, 1.165) is 23.0 Å². The first-order valence-electron chi connectivity index (χ1n) is 7.17. The van der Waals surface area contributed by atoms with Crippen molar-refractivity contribution >= 4 is 21.8 Å². The number of benzene rings is 1. The molecule has 1 amide bonds. The van der Waals surface area contributed by atoms with Gasteiger partial charge in [-0.2, -0.15) is 0 Å². The molecule has 2 atom stereocenters. The largest absolute Gasteiger partial charge is 0.355 e. The zero-order valence-electron chi connectivity index (χ0n) is 11.6. The molecule has 4 heteroatoms. The number of nitrogens with one attached hydrogen (secondary N) is 1. The Labute approximate surface area is 132 Å². The van der Waals surface area contributed by atoms with Crippen LogP contribution in [0.1, 0.15) is 23.6 Å². The van der Waals surface area contributed by atoms with Crippen LogP contribution in [0, 0.1) is 5.92 Å². The highest BCUT2D eigenvalue weighted by Gasteiger charge is 2.43. The average Bonchev–Trinajstić information content (AvgIpc) is 3.29. The van der Waals surface area contributed by atoms with Crippen LogP contribution in [-0.4, -0.2) is 17.4 Å². The first kappa shape index (κ1) is 14.3. The van der Waals surface area contributed by atoms with Gasteiger partial charge in [0, 0.05) is 35.2 Å². The molecule has 0 saturated heterocycles. The molecule has 1 saturated carbocycles. The van der Waals surface area contributed by atoms with Crippen molar-refractivity contribution in [1.29, 1.82) is 0 Å². The highest BCUT2D eigenvalue weighted by molar-refractivity contribution is 9.10. The number of rotatable bonds is 5. The fourth-order valence-electron chi connectivity index (χ4n) is 2.58. The van der Waals surface area contributed by atoms with Crippen LogP contribution in [-0.2, 0) is 11.2 Å². The quantitative estimate of drug-likeness (QED) is 0.903. The minimum Gasteiger partial charge on any atom is -0.355 e. The van der Waals surface area contributed by atoms with Gasteiger partial charge in [-0.3, -0.25) is 9.78 Å². The van der Waals surface area contributed by atoms with Crippen LogP contribution in [0.15, 0.2) is 53.1 Å². The minimum atomic E-state index is 0.128. The number of carbonyl (C=O) groups excluding carboxylic acids is 1. The molecule has 2 aromatic rings. The number of halogens is 1. The van der Waals surface area contributed by atoms with E-state index in [0.29, 0.717) is 12.5 Å². The number of aromatic nitrogens is 1. The van der Waals surface area contributed by atoms with E-state index in [1.165, 1.54) is 5.56 Å². The summed E-state index contributed by atoms with van der Waals surface area (Å²) in [6, 6.07) is 14.1. The SMILES string of the molecule is O=C(NCCc1ccccn1)C1CC1c1cccc(Br)c1. The van der Waals surface area contributed by atoms with Crippen molar-refractivity contribution in [3.63, 3.8) is 0 Å². The van der Waals surface area contributed by atoms with E-state index in [1.807, 2.05) is 30.3 Å². The molecular weight excluding hydrogens is 328 g/mol. The Morgan fingerprint density at radius 3 is 2.95 bits per heavy atom. The predicted octanol–water partition coefficient (Wildman–Crippen LogP) is 3.31. The molecule has 0 aliphatic heterocycles. The topological polar surface area (TPSA) is 42.0 Å². The van der Waals surface area contributed by atoms with Crippen molar-refractivity contribution in [3.05, 3.63) is 64.4 Å². The maximum Gasteiger partial charge on any atom is 0.223 e. The van der Waals surface area contributed by atoms with Gasteiger partial charge in [0.05, 0.1) is 0 Å². The molecule has 1 N–H and O–H groups in total. The molecule has 1 aliphatic rings. The second kappa shape index (κ2) is 6.39. The molecule has 1 fully saturated rings. The summed E-state index contributed by atoms with van der Waals surface area (Å²) in [6.45, 7) is 0.650. The lowest BCUT2D eigenvalue weighted by Crippen LogP contribution is -2.27.